The predicted molar refractivity (Wildman–Crippen MR) is 380 cm³/mol. The van der Waals surface area contributed by atoms with E-state index in [2.05, 4.69) is 277 Å². The van der Waals surface area contributed by atoms with Crippen LogP contribution in [0.5, 0.6) is 0 Å². The topological polar surface area (TPSA) is 103 Å². The van der Waals surface area contributed by atoms with Gasteiger partial charge >= 0.3 is 0 Å². The van der Waals surface area contributed by atoms with Crippen molar-refractivity contribution in [3.8, 4) is 67.5 Å². The number of pyridine rings is 8. The van der Waals surface area contributed by atoms with Crippen LogP contribution in [0.4, 0.5) is 0 Å². The highest BCUT2D eigenvalue weighted by atomic mass is 14.8. The van der Waals surface area contributed by atoms with Crippen molar-refractivity contribution in [2.45, 2.75) is 0 Å². The predicted octanol–water partition coefficient (Wildman–Crippen LogP) is 21.2. The molecule has 0 N–H and O–H groups in total. The molecule has 0 saturated heterocycles. The Morgan fingerprint density at radius 2 is 0.511 bits per heavy atom. The third-order valence-electron chi connectivity index (χ3n) is 17.9. The standard InChI is InChI=1S/C44H26N4.C40H24N4/c1-2-8-34-31(6-1)26-37(36-10-4-3-9-35(34)36)40-20-16-32-24-29(14-18-38(32)46-40)30-15-19-39-33(25-30)17-22-41(47-39)42-21-13-28-12-11-27-7-5-23-45-43(27)44(28)48-42;1-2-5-28-22-31(10-7-25(28)4-1)35-18-14-32-23-29(12-16-34(32)42-35)30-13-17-36-33(24-30)15-20-37(43-36)38-19-11-27-9-8-26-6-3-21-41-39(26)40(27)44-38/h1-26H;1-24H. The Morgan fingerprint density at radius 1 is 0.174 bits per heavy atom. The first-order valence-corrected chi connectivity index (χ1v) is 30.8. The Kier molecular flexibility index (Phi) is 12.4. The van der Waals surface area contributed by atoms with E-state index in [9.17, 15) is 0 Å². The molecule has 0 unspecified atom stereocenters. The first kappa shape index (κ1) is 52.6. The van der Waals surface area contributed by atoms with Gasteiger partial charge < -0.3 is 0 Å². The Labute approximate surface area is 527 Å². The number of fused-ring (bicyclic) bond motifs is 14. The molecule has 0 aliphatic carbocycles. The van der Waals surface area contributed by atoms with E-state index < -0.39 is 0 Å². The van der Waals surface area contributed by atoms with Crippen molar-refractivity contribution in [2.75, 3.05) is 0 Å². The molecule has 0 aliphatic heterocycles. The number of hydrogen-bond acceptors (Lipinski definition) is 8. The van der Waals surface area contributed by atoms with Crippen LogP contribution in [0.3, 0.4) is 0 Å². The van der Waals surface area contributed by atoms with E-state index in [0.717, 1.165) is 155 Å². The van der Waals surface area contributed by atoms with Gasteiger partial charge in [0, 0.05) is 66.6 Å². The lowest BCUT2D eigenvalue weighted by molar-refractivity contribution is 1.31. The van der Waals surface area contributed by atoms with Crippen LogP contribution in [0.25, 0.3) is 187 Å². The van der Waals surface area contributed by atoms with Gasteiger partial charge in [-0.15, -0.1) is 0 Å². The van der Waals surface area contributed by atoms with E-state index in [-0.39, 0.29) is 0 Å². The zero-order valence-electron chi connectivity index (χ0n) is 49.4. The molecule has 0 radical (unpaired) electrons. The lowest BCUT2D eigenvalue weighted by Gasteiger charge is -2.12. The molecule has 8 nitrogen and oxygen atoms in total. The molecule has 11 aromatic carbocycles. The summed E-state index contributed by atoms with van der Waals surface area (Å²) in [5.41, 5.74) is 19.6. The van der Waals surface area contributed by atoms with Crippen molar-refractivity contribution in [2.24, 2.45) is 0 Å². The van der Waals surface area contributed by atoms with Crippen molar-refractivity contribution in [1.82, 2.24) is 39.9 Å². The van der Waals surface area contributed by atoms with E-state index in [0.29, 0.717) is 0 Å². The molecule has 0 bridgehead atoms. The summed E-state index contributed by atoms with van der Waals surface area (Å²) in [5, 5.41) is 16.1. The van der Waals surface area contributed by atoms with Crippen molar-refractivity contribution >= 4 is 120 Å². The van der Waals surface area contributed by atoms with Gasteiger partial charge in [0.15, 0.2) is 0 Å². The molecule has 0 spiro atoms. The maximum Gasteiger partial charge on any atom is 0.0972 e. The van der Waals surface area contributed by atoms with Gasteiger partial charge in [0.2, 0.25) is 0 Å². The molecule has 0 saturated carbocycles. The SMILES string of the molecule is c1ccc2c(c1)cc(-c1ccc3cc(-c4ccc5nc(-c6ccc7ccc8cccnc8c7n6)ccc5c4)ccc3n1)c1ccccc12.c1ccc2cc(-c3ccc4cc(-c5ccc6nc(-c7ccc8ccc9cccnc9c8n7)ccc6c5)ccc4n3)ccc2c1. The molecule has 8 heterocycles. The molecular formula is C84H50N8. The van der Waals surface area contributed by atoms with Gasteiger partial charge in [0.25, 0.3) is 0 Å². The third-order valence-corrected chi connectivity index (χ3v) is 17.9. The Morgan fingerprint density at radius 3 is 1.03 bits per heavy atom. The fourth-order valence-corrected chi connectivity index (χ4v) is 13.2. The zero-order valence-corrected chi connectivity index (χ0v) is 49.4. The number of nitrogens with zero attached hydrogens (tertiary/aromatic N) is 8. The molecule has 19 rings (SSSR count). The Hall–Kier alpha value is -12.5. The fraction of sp³-hybridized carbons (Fsp3) is 0. The lowest BCUT2D eigenvalue weighted by Crippen LogP contribution is -1.91. The highest BCUT2D eigenvalue weighted by Crippen LogP contribution is 2.38. The highest BCUT2D eigenvalue weighted by molar-refractivity contribution is 6.14. The van der Waals surface area contributed by atoms with Crippen LogP contribution >= 0.6 is 0 Å². The number of rotatable bonds is 6. The number of hydrogen-bond donors (Lipinski definition) is 0. The van der Waals surface area contributed by atoms with Crippen LogP contribution < -0.4 is 0 Å². The van der Waals surface area contributed by atoms with Gasteiger partial charge in [0.05, 0.1) is 78.3 Å². The molecule has 426 valence electrons. The van der Waals surface area contributed by atoms with E-state index >= 15 is 0 Å². The summed E-state index contributed by atoms with van der Waals surface area (Å²) < 4.78 is 0. The molecule has 0 amide bonds. The maximum absolute atomic E-state index is 5.14. The first-order valence-electron chi connectivity index (χ1n) is 30.8. The summed E-state index contributed by atoms with van der Waals surface area (Å²) in [4.78, 5) is 39.3. The van der Waals surface area contributed by atoms with Gasteiger partial charge in [0.1, 0.15) is 0 Å². The maximum atomic E-state index is 5.14. The second kappa shape index (κ2) is 21.7. The zero-order chi connectivity index (χ0) is 60.6. The average Bonchev–Trinajstić information content (AvgIpc) is 0.834. The Balaban J connectivity index is 0.000000136. The smallest absolute Gasteiger partial charge is 0.0972 e. The van der Waals surface area contributed by atoms with Crippen LogP contribution in [0.1, 0.15) is 0 Å². The largest absolute Gasteiger partial charge is 0.254 e. The molecule has 92 heavy (non-hydrogen) atoms. The van der Waals surface area contributed by atoms with Gasteiger partial charge in [-0.3, -0.25) is 9.97 Å². The lowest BCUT2D eigenvalue weighted by atomic mass is 9.95. The summed E-state index contributed by atoms with van der Waals surface area (Å²) >= 11 is 0. The molecule has 19 aromatic rings. The van der Waals surface area contributed by atoms with Gasteiger partial charge in [-0.25, -0.2) is 29.9 Å². The summed E-state index contributed by atoms with van der Waals surface area (Å²) in [6.07, 6.45) is 3.64. The second-order valence-electron chi connectivity index (χ2n) is 23.5. The van der Waals surface area contributed by atoms with E-state index in [4.69, 9.17) is 29.9 Å². The minimum Gasteiger partial charge on any atom is -0.254 e. The van der Waals surface area contributed by atoms with Gasteiger partial charge in [-0.1, -0.05) is 182 Å². The van der Waals surface area contributed by atoms with Gasteiger partial charge in [-0.05, 0) is 164 Å². The summed E-state index contributed by atoms with van der Waals surface area (Å²) in [7, 11) is 0. The van der Waals surface area contributed by atoms with Crippen molar-refractivity contribution in [3.63, 3.8) is 0 Å². The minimum absolute atomic E-state index is 0.838. The number of aromatic nitrogens is 8. The fourth-order valence-electron chi connectivity index (χ4n) is 13.2. The van der Waals surface area contributed by atoms with E-state index in [1.54, 1.807) is 0 Å². The Bertz CT molecular complexity index is 6240. The summed E-state index contributed by atoms with van der Waals surface area (Å²) in [6.45, 7) is 0. The molecule has 0 aliphatic rings. The van der Waals surface area contributed by atoms with Gasteiger partial charge in [-0.2, -0.15) is 0 Å². The van der Waals surface area contributed by atoms with Crippen LogP contribution in [-0.4, -0.2) is 39.9 Å². The second-order valence-corrected chi connectivity index (χ2v) is 23.5. The monoisotopic (exact) mass is 1170 g/mol. The quantitative estimate of drug-likeness (QED) is 0.152. The molecule has 0 fully saturated rings. The number of benzene rings is 11. The summed E-state index contributed by atoms with van der Waals surface area (Å²) in [6, 6.07) is 102. The van der Waals surface area contributed by atoms with Crippen LogP contribution in [0, 0.1) is 0 Å². The van der Waals surface area contributed by atoms with Crippen LogP contribution in [0.15, 0.2) is 304 Å². The highest BCUT2D eigenvalue weighted by Gasteiger charge is 2.15. The van der Waals surface area contributed by atoms with Crippen molar-refractivity contribution in [3.05, 3.63) is 304 Å². The average molecular weight is 1170 g/mol. The third kappa shape index (κ3) is 9.41. The summed E-state index contributed by atoms with van der Waals surface area (Å²) in [5.74, 6) is 0. The minimum atomic E-state index is 0.838. The molecule has 0 atom stereocenters. The van der Waals surface area contributed by atoms with Crippen molar-refractivity contribution in [1.29, 1.82) is 0 Å². The van der Waals surface area contributed by atoms with E-state index in [1.807, 2.05) is 36.7 Å². The first-order chi connectivity index (χ1) is 45.5. The molecule has 8 aromatic heterocycles. The van der Waals surface area contributed by atoms with Crippen molar-refractivity contribution < 1.29 is 0 Å². The van der Waals surface area contributed by atoms with Crippen LogP contribution in [0.2, 0.25) is 0 Å². The van der Waals surface area contributed by atoms with Crippen LogP contribution in [-0.2, 0) is 0 Å². The molecular weight excluding hydrogens is 1120 g/mol. The van der Waals surface area contributed by atoms with E-state index in [1.165, 1.54) is 32.3 Å². The normalized spacial score (nSPS) is 11.7. The molecule has 8 heteroatoms.